The van der Waals surface area contributed by atoms with Gasteiger partial charge in [-0.3, -0.25) is 0 Å². The molecule has 1 N–H and O–H groups in total. The van der Waals surface area contributed by atoms with Crippen molar-refractivity contribution in [2.75, 3.05) is 0 Å². The largest absolute Gasteiger partial charge is 0.478 e. The Labute approximate surface area is 122 Å². The number of carbonyl (C=O) groups is 1. The summed E-state index contributed by atoms with van der Waals surface area (Å²) in [5, 5.41) is 8.86. The molecule has 0 aromatic heterocycles. The SMILES string of the molecule is O=C(O)C1=Cc2cc(Br)cc(Br)c2O[C@H]1C(F)(F)F. The van der Waals surface area contributed by atoms with Crippen LogP contribution in [0.5, 0.6) is 5.75 Å². The monoisotopic (exact) mass is 400 g/mol. The molecule has 0 fully saturated rings. The van der Waals surface area contributed by atoms with Crippen LogP contribution in [0.25, 0.3) is 6.08 Å². The first-order valence-corrected chi connectivity index (χ1v) is 6.46. The van der Waals surface area contributed by atoms with Crippen molar-refractivity contribution in [1.29, 1.82) is 0 Å². The van der Waals surface area contributed by atoms with Crippen molar-refractivity contribution in [1.82, 2.24) is 0 Å². The number of ether oxygens (including phenoxy) is 1. The van der Waals surface area contributed by atoms with Crippen LogP contribution in [0.15, 0.2) is 26.7 Å². The van der Waals surface area contributed by atoms with Crippen molar-refractivity contribution < 1.29 is 27.8 Å². The summed E-state index contributed by atoms with van der Waals surface area (Å²) in [5.74, 6) is -1.69. The van der Waals surface area contributed by atoms with Gasteiger partial charge in [0, 0.05) is 10.0 Å². The second-order valence-corrected chi connectivity index (χ2v) is 5.52. The second kappa shape index (κ2) is 4.82. The van der Waals surface area contributed by atoms with Gasteiger partial charge in [0.1, 0.15) is 5.75 Å². The van der Waals surface area contributed by atoms with Gasteiger partial charge in [-0.2, -0.15) is 13.2 Å². The predicted octanol–water partition coefficient (Wildman–Crippen LogP) is 4.00. The highest BCUT2D eigenvalue weighted by Crippen LogP contribution is 2.42. The lowest BCUT2D eigenvalue weighted by atomic mass is 10.0. The normalized spacial score (nSPS) is 18.4. The molecule has 8 heteroatoms. The Balaban J connectivity index is 2.61. The molecule has 102 valence electrons. The second-order valence-electron chi connectivity index (χ2n) is 3.75. The molecule has 0 spiro atoms. The van der Waals surface area contributed by atoms with E-state index in [0.29, 0.717) is 8.95 Å². The molecule has 2 rings (SSSR count). The number of rotatable bonds is 1. The molecular formula is C11H5Br2F3O3. The molecule has 1 aromatic carbocycles. The Morgan fingerprint density at radius 3 is 2.47 bits per heavy atom. The molecule has 0 unspecified atom stereocenters. The summed E-state index contributed by atoms with van der Waals surface area (Å²) in [6.45, 7) is 0. The third kappa shape index (κ3) is 2.79. The lowest BCUT2D eigenvalue weighted by Gasteiger charge is -2.27. The van der Waals surface area contributed by atoms with E-state index in [2.05, 4.69) is 31.9 Å². The molecule has 0 saturated heterocycles. The lowest BCUT2D eigenvalue weighted by molar-refractivity contribution is -0.187. The summed E-state index contributed by atoms with van der Waals surface area (Å²) >= 11 is 6.25. The average molecular weight is 402 g/mol. The van der Waals surface area contributed by atoms with Crippen LogP contribution in [0.1, 0.15) is 5.56 Å². The molecule has 0 bridgehead atoms. The fourth-order valence-electron chi connectivity index (χ4n) is 1.65. The highest BCUT2D eigenvalue weighted by Gasteiger charge is 2.48. The molecular weight excluding hydrogens is 397 g/mol. The number of fused-ring (bicyclic) bond motifs is 1. The van der Waals surface area contributed by atoms with E-state index in [1.165, 1.54) is 12.1 Å². The molecule has 0 amide bonds. The highest BCUT2D eigenvalue weighted by atomic mass is 79.9. The molecule has 1 aromatic rings. The number of hydrogen-bond donors (Lipinski definition) is 1. The minimum atomic E-state index is -4.80. The number of benzene rings is 1. The van der Waals surface area contributed by atoms with Gasteiger partial charge in [0.15, 0.2) is 0 Å². The molecule has 1 aliphatic rings. The Morgan fingerprint density at radius 2 is 1.95 bits per heavy atom. The van der Waals surface area contributed by atoms with E-state index in [0.717, 1.165) is 6.08 Å². The maximum absolute atomic E-state index is 12.8. The van der Waals surface area contributed by atoms with E-state index in [1.54, 1.807) is 0 Å². The maximum atomic E-state index is 12.8. The fraction of sp³-hybridized carbons (Fsp3) is 0.182. The van der Waals surface area contributed by atoms with Crippen molar-refractivity contribution in [2.45, 2.75) is 12.3 Å². The average Bonchev–Trinajstić information content (AvgIpc) is 2.25. The molecule has 0 saturated carbocycles. The molecule has 0 radical (unpaired) electrons. The van der Waals surface area contributed by atoms with Gasteiger partial charge >= 0.3 is 12.1 Å². The molecule has 1 aliphatic heterocycles. The number of carboxylic acid groups (broad SMARTS) is 1. The van der Waals surface area contributed by atoms with E-state index in [4.69, 9.17) is 9.84 Å². The van der Waals surface area contributed by atoms with Gasteiger partial charge in [-0.15, -0.1) is 0 Å². The van der Waals surface area contributed by atoms with Gasteiger partial charge in [-0.1, -0.05) is 15.9 Å². The van der Waals surface area contributed by atoms with Crippen LogP contribution in [0.3, 0.4) is 0 Å². The molecule has 1 heterocycles. The van der Waals surface area contributed by atoms with E-state index >= 15 is 0 Å². The zero-order chi connectivity index (χ0) is 14.4. The molecule has 3 nitrogen and oxygen atoms in total. The van der Waals surface area contributed by atoms with Crippen LogP contribution in [0.4, 0.5) is 13.2 Å². The Morgan fingerprint density at radius 1 is 1.32 bits per heavy atom. The van der Waals surface area contributed by atoms with E-state index in [-0.39, 0.29) is 11.3 Å². The number of alkyl halides is 3. The third-order valence-electron chi connectivity index (χ3n) is 2.41. The quantitative estimate of drug-likeness (QED) is 0.773. The van der Waals surface area contributed by atoms with Crippen molar-refractivity contribution in [3.05, 3.63) is 32.2 Å². The molecule has 1 atom stereocenters. The lowest BCUT2D eigenvalue weighted by Crippen LogP contribution is -2.40. The Kier molecular flexibility index (Phi) is 3.65. The Hall–Kier alpha value is -1.02. The van der Waals surface area contributed by atoms with Gasteiger partial charge in [0.2, 0.25) is 6.10 Å². The number of aliphatic carboxylic acids is 1. The van der Waals surface area contributed by atoms with Crippen molar-refractivity contribution in [2.24, 2.45) is 0 Å². The maximum Gasteiger partial charge on any atom is 0.430 e. The number of hydrogen-bond acceptors (Lipinski definition) is 2. The summed E-state index contributed by atoms with van der Waals surface area (Å²) in [6, 6.07) is 3.00. The van der Waals surface area contributed by atoms with Crippen LogP contribution in [-0.4, -0.2) is 23.4 Å². The van der Waals surface area contributed by atoms with Gasteiger partial charge in [-0.05, 0) is 34.1 Å². The summed E-state index contributed by atoms with van der Waals surface area (Å²) in [7, 11) is 0. The third-order valence-corrected chi connectivity index (χ3v) is 3.46. The van der Waals surface area contributed by atoms with Gasteiger partial charge in [-0.25, -0.2) is 4.79 Å². The highest BCUT2D eigenvalue weighted by molar-refractivity contribution is 9.11. The zero-order valence-corrected chi connectivity index (χ0v) is 12.1. The standard InChI is InChI=1S/C11H5Br2F3O3/c12-5-1-4-2-6(10(17)18)9(11(14,15)16)19-8(4)7(13)3-5/h1-3,9H,(H,17,18)/t9-/m1/s1. The van der Waals surface area contributed by atoms with E-state index < -0.39 is 23.8 Å². The fourth-order valence-corrected chi connectivity index (χ4v) is 3.01. The van der Waals surface area contributed by atoms with E-state index in [1.807, 2.05) is 0 Å². The smallest absolute Gasteiger partial charge is 0.430 e. The van der Waals surface area contributed by atoms with Gasteiger partial charge < -0.3 is 9.84 Å². The molecule has 19 heavy (non-hydrogen) atoms. The van der Waals surface area contributed by atoms with Crippen molar-refractivity contribution in [3.63, 3.8) is 0 Å². The number of carboxylic acids is 1. The van der Waals surface area contributed by atoms with E-state index in [9.17, 15) is 18.0 Å². The zero-order valence-electron chi connectivity index (χ0n) is 8.96. The van der Waals surface area contributed by atoms with Crippen LogP contribution in [0.2, 0.25) is 0 Å². The number of halogens is 5. The first-order chi connectivity index (χ1) is 8.70. The predicted molar refractivity (Wildman–Crippen MR) is 67.9 cm³/mol. The summed E-state index contributed by atoms with van der Waals surface area (Å²) in [5.41, 5.74) is -0.579. The van der Waals surface area contributed by atoms with Crippen molar-refractivity contribution in [3.8, 4) is 5.75 Å². The Bertz CT molecular complexity index is 581. The molecule has 0 aliphatic carbocycles. The van der Waals surface area contributed by atoms with Crippen LogP contribution in [-0.2, 0) is 4.79 Å². The van der Waals surface area contributed by atoms with Crippen molar-refractivity contribution >= 4 is 43.9 Å². The van der Waals surface area contributed by atoms with Crippen LogP contribution < -0.4 is 4.74 Å². The van der Waals surface area contributed by atoms with Crippen LogP contribution >= 0.6 is 31.9 Å². The summed E-state index contributed by atoms with van der Waals surface area (Å²) < 4.78 is 44.1. The first kappa shape index (κ1) is 14.4. The van der Waals surface area contributed by atoms with Gasteiger partial charge in [0.05, 0.1) is 10.0 Å². The van der Waals surface area contributed by atoms with Gasteiger partial charge in [0.25, 0.3) is 0 Å². The van der Waals surface area contributed by atoms with Crippen LogP contribution in [0, 0.1) is 0 Å². The summed E-state index contributed by atoms with van der Waals surface area (Å²) in [6.07, 6.45) is -6.31. The minimum absolute atomic E-state index is 0.0319. The topological polar surface area (TPSA) is 46.5 Å². The first-order valence-electron chi connectivity index (χ1n) is 4.87. The summed E-state index contributed by atoms with van der Waals surface area (Å²) in [4.78, 5) is 10.9. The minimum Gasteiger partial charge on any atom is -0.478 e.